The van der Waals surface area contributed by atoms with Gasteiger partial charge in [-0.15, -0.1) is 0 Å². The molecule has 1 aliphatic rings. The van der Waals surface area contributed by atoms with Gasteiger partial charge in [-0.2, -0.15) is 0 Å². The van der Waals surface area contributed by atoms with Crippen LogP contribution in [0.4, 0.5) is 8.78 Å². The quantitative estimate of drug-likeness (QED) is 0.919. The summed E-state index contributed by atoms with van der Waals surface area (Å²) in [5.41, 5.74) is -0.730. The third kappa shape index (κ3) is 1.71. The average molecular weight is 279 g/mol. The summed E-state index contributed by atoms with van der Waals surface area (Å²) in [6.07, 6.45) is 1.52. The highest BCUT2D eigenvalue weighted by atomic mass is 19.2. The number of aromatic nitrogens is 1. The first-order chi connectivity index (χ1) is 9.41. The number of pyridine rings is 1. The number of fused-ring (bicyclic) bond motifs is 1. The number of rotatable bonds is 2. The van der Waals surface area contributed by atoms with Gasteiger partial charge in [-0.05, 0) is 19.8 Å². The fourth-order valence-electron chi connectivity index (χ4n) is 2.52. The van der Waals surface area contributed by atoms with Crippen LogP contribution in [-0.4, -0.2) is 15.6 Å². The topological polar surface area (TPSA) is 59.3 Å². The van der Waals surface area contributed by atoms with Crippen LogP contribution in [0.15, 0.2) is 16.9 Å². The maximum Gasteiger partial charge on any atom is 0.352 e. The molecule has 0 radical (unpaired) electrons. The summed E-state index contributed by atoms with van der Waals surface area (Å²) in [7, 11) is 0. The SMILES string of the molecule is Cc1c(F)c(F)cc2c1c(=O)cc(C(=O)O)n2C1CC1. The highest BCUT2D eigenvalue weighted by Gasteiger charge is 2.30. The number of benzene rings is 1. The van der Waals surface area contributed by atoms with Crippen molar-refractivity contribution in [3.8, 4) is 0 Å². The molecule has 0 atom stereocenters. The number of aryl methyl sites for hydroxylation is 1. The van der Waals surface area contributed by atoms with E-state index in [1.807, 2.05) is 0 Å². The first-order valence-corrected chi connectivity index (χ1v) is 6.19. The van der Waals surface area contributed by atoms with Gasteiger partial charge in [0.15, 0.2) is 17.1 Å². The Balaban J connectivity index is 2.53. The van der Waals surface area contributed by atoms with Gasteiger partial charge in [0.25, 0.3) is 0 Å². The Bertz CT molecular complexity index is 806. The number of carbonyl (C=O) groups is 1. The largest absolute Gasteiger partial charge is 0.477 e. The van der Waals surface area contributed by atoms with Gasteiger partial charge in [0, 0.05) is 23.7 Å². The van der Waals surface area contributed by atoms with Gasteiger partial charge in [-0.1, -0.05) is 0 Å². The summed E-state index contributed by atoms with van der Waals surface area (Å²) in [5.74, 6) is -3.40. The molecule has 0 saturated heterocycles. The minimum atomic E-state index is -1.25. The highest BCUT2D eigenvalue weighted by Crippen LogP contribution is 2.38. The molecular formula is C14H11F2NO3. The molecule has 0 aliphatic heterocycles. The van der Waals surface area contributed by atoms with Gasteiger partial charge in [0.2, 0.25) is 0 Å². The number of nitrogens with zero attached hydrogens (tertiary/aromatic N) is 1. The molecular weight excluding hydrogens is 268 g/mol. The first kappa shape index (κ1) is 12.8. The molecule has 1 fully saturated rings. The van der Waals surface area contributed by atoms with E-state index in [4.69, 9.17) is 0 Å². The minimum absolute atomic E-state index is 0.0424. The van der Waals surface area contributed by atoms with Gasteiger partial charge in [-0.3, -0.25) is 4.79 Å². The van der Waals surface area contributed by atoms with E-state index in [1.165, 1.54) is 11.5 Å². The van der Waals surface area contributed by atoms with Gasteiger partial charge in [0.05, 0.1) is 10.9 Å². The standard InChI is InChI=1S/C14H11F2NO3/c1-6-12-9(4-8(15)13(6)16)17(7-2-3-7)10(14(19)20)5-11(12)18/h4-5,7H,2-3H2,1H3,(H,19,20). The lowest BCUT2D eigenvalue weighted by Gasteiger charge is -2.15. The van der Waals surface area contributed by atoms with E-state index < -0.39 is 23.0 Å². The molecule has 1 heterocycles. The van der Waals surface area contributed by atoms with Gasteiger partial charge in [-0.25, -0.2) is 13.6 Å². The van der Waals surface area contributed by atoms with E-state index in [0.717, 1.165) is 25.0 Å². The molecule has 0 amide bonds. The summed E-state index contributed by atoms with van der Waals surface area (Å²) >= 11 is 0. The number of carboxylic acid groups (broad SMARTS) is 1. The number of aromatic carboxylic acids is 1. The van der Waals surface area contributed by atoms with Crippen molar-refractivity contribution in [3.05, 3.63) is 45.2 Å². The lowest BCUT2D eigenvalue weighted by atomic mass is 10.1. The summed E-state index contributed by atoms with van der Waals surface area (Å²) < 4.78 is 28.6. The average Bonchev–Trinajstić information content (AvgIpc) is 3.19. The van der Waals surface area contributed by atoms with E-state index in [9.17, 15) is 23.5 Å². The lowest BCUT2D eigenvalue weighted by molar-refractivity contribution is 0.0684. The van der Waals surface area contributed by atoms with Crippen molar-refractivity contribution in [1.29, 1.82) is 0 Å². The van der Waals surface area contributed by atoms with Crippen LogP contribution in [0.1, 0.15) is 34.9 Å². The molecule has 1 aromatic carbocycles. The molecule has 1 aliphatic carbocycles. The Hall–Kier alpha value is -2.24. The third-order valence-corrected chi connectivity index (χ3v) is 3.60. The Morgan fingerprint density at radius 1 is 1.35 bits per heavy atom. The molecule has 0 bridgehead atoms. The molecule has 2 aromatic rings. The van der Waals surface area contributed by atoms with Crippen LogP contribution in [0.3, 0.4) is 0 Å². The molecule has 20 heavy (non-hydrogen) atoms. The Kier molecular flexibility index (Phi) is 2.64. The van der Waals surface area contributed by atoms with Crippen molar-refractivity contribution < 1.29 is 18.7 Å². The molecule has 1 N–H and O–H groups in total. The fraction of sp³-hybridized carbons (Fsp3) is 0.286. The van der Waals surface area contributed by atoms with Gasteiger partial charge < -0.3 is 9.67 Å². The Labute approximate surface area is 112 Å². The molecule has 6 heteroatoms. The van der Waals surface area contributed by atoms with Gasteiger partial charge in [0.1, 0.15) is 5.69 Å². The van der Waals surface area contributed by atoms with Crippen LogP contribution < -0.4 is 5.43 Å². The molecule has 0 unspecified atom stereocenters. The van der Waals surface area contributed by atoms with Crippen LogP contribution >= 0.6 is 0 Å². The van der Waals surface area contributed by atoms with E-state index >= 15 is 0 Å². The zero-order valence-electron chi connectivity index (χ0n) is 10.6. The van der Waals surface area contributed by atoms with Crippen molar-refractivity contribution in [2.45, 2.75) is 25.8 Å². The van der Waals surface area contributed by atoms with Crippen LogP contribution in [0.2, 0.25) is 0 Å². The summed E-state index contributed by atoms with van der Waals surface area (Å²) in [5, 5.41) is 9.23. The van der Waals surface area contributed by atoms with Crippen LogP contribution in [0.5, 0.6) is 0 Å². The van der Waals surface area contributed by atoms with E-state index in [1.54, 1.807) is 0 Å². The van der Waals surface area contributed by atoms with Crippen LogP contribution in [0, 0.1) is 18.6 Å². The highest BCUT2D eigenvalue weighted by molar-refractivity contribution is 5.92. The van der Waals surface area contributed by atoms with Gasteiger partial charge >= 0.3 is 5.97 Å². The number of carboxylic acids is 1. The molecule has 1 aromatic heterocycles. The van der Waals surface area contributed by atoms with Crippen molar-refractivity contribution in [2.24, 2.45) is 0 Å². The van der Waals surface area contributed by atoms with Crippen molar-refractivity contribution in [2.75, 3.05) is 0 Å². The maximum absolute atomic E-state index is 13.6. The predicted molar refractivity (Wildman–Crippen MR) is 68.1 cm³/mol. The third-order valence-electron chi connectivity index (χ3n) is 3.60. The predicted octanol–water partition coefficient (Wildman–Crippen LogP) is 2.62. The summed E-state index contributed by atoms with van der Waals surface area (Å²) in [6.45, 7) is 1.32. The Morgan fingerprint density at radius 2 is 2.00 bits per heavy atom. The smallest absolute Gasteiger partial charge is 0.352 e. The van der Waals surface area contributed by atoms with Crippen LogP contribution in [-0.2, 0) is 0 Å². The maximum atomic E-state index is 13.6. The molecule has 0 spiro atoms. The van der Waals surface area contributed by atoms with Crippen LogP contribution in [0.25, 0.3) is 10.9 Å². The monoisotopic (exact) mass is 279 g/mol. The summed E-state index contributed by atoms with van der Waals surface area (Å²) in [6, 6.07) is 1.81. The van der Waals surface area contributed by atoms with Crippen molar-refractivity contribution >= 4 is 16.9 Å². The Morgan fingerprint density at radius 3 is 2.55 bits per heavy atom. The second kappa shape index (κ2) is 4.13. The zero-order chi connectivity index (χ0) is 14.6. The second-order valence-corrected chi connectivity index (χ2v) is 4.99. The first-order valence-electron chi connectivity index (χ1n) is 6.19. The van der Waals surface area contributed by atoms with Crippen molar-refractivity contribution in [1.82, 2.24) is 4.57 Å². The molecule has 3 rings (SSSR count). The van der Waals surface area contributed by atoms with E-state index in [-0.39, 0.29) is 28.2 Å². The second-order valence-electron chi connectivity index (χ2n) is 4.99. The fourth-order valence-corrected chi connectivity index (χ4v) is 2.52. The lowest BCUT2D eigenvalue weighted by Crippen LogP contribution is -2.19. The molecule has 4 nitrogen and oxygen atoms in total. The normalized spacial score (nSPS) is 14.8. The number of halogens is 2. The van der Waals surface area contributed by atoms with Crippen molar-refractivity contribution in [3.63, 3.8) is 0 Å². The number of hydrogen-bond donors (Lipinski definition) is 1. The van der Waals surface area contributed by atoms with E-state index in [0.29, 0.717) is 0 Å². The zero-order valence-corrected chi connectivity index (χ0v) is 10.6. The number of hydrogen-bond acceptors (Lipinski definition) is 2. The van der Waals surface area contributed by atoms with E-state index in [2.05, 4.69) is 0 Å². The summed E-state index contributed by atoms with van der Waals surface area (Å²) in [4.78, 5) is 23.3. The molecule has 104 valence electrons. The minimum Gasteiger partial charge on any atom is -0.477 e. The molecule has 1 saturated carbocycles.